The average Bonchev–Trinajstić information content (AvgIpc) is 3.19. The number of carbonyl (C=O) groups is 1. The molecule has 0 atom stereocenters. The number of hydrogen-bond acceptors (Lipinski definition) is 5. The summed E-state index contributed by atoms with van der Waals surface area (Å²) in [7, 11) is 0. The van der Waals surface area contributed by atoms with Gasteiger partial charge in [0.05, 0.1) is 17.7 Å². The quantitative estimate of drug-likeness (QED) is 0.427. The molecule has 0 aliphatic rings. The molecule has 2 heterocycles. The van der Waals surface area contributed by atoms with Crippen molar-refractivity contribution in [2.75, 3.05) is 5.43 Å². The van der Waals surface area contributed by atoms with E-state index >= 15 is 0 Å². The van der Waals surface area contributed by atoms with Crippen LogP contribution >= 0.6 is 0 Å². The Balaban J connectivity index is 1.67. The fourth-order valence-corrected chi connectivity index (χ4v) is 2.57. The Bertz CT molecular complexity index is 1060. The Morgan fingerprint density at radius 1 is 1.00 bits per heavy atom. The molecule has 0 saturated carbocycles. The Morgan fingerprint density at radius 3 is 2.22 bits per heavy atom. The second kappa shape index (κ2) is 8.85. The Hall–Kier alpha value is -3.64. The van der Waals surface area contributed by atoms with Gasteiger partial charge < -0.3 is 0 Å². The highest BCUT2D eigenvalue weighted by molar-refractivity contribution is 5.77. The fraction of sp³-hybridized carbons (Fsp3) is 0.263. The molecular formula is C19H16F6N6O. The Labute approximate surface area is 177 Å². The Kier molecular flexibility index (Phi) is 6.37. The summed E-state index contributed by atoms with van der Waals surface area (Å²) in [6.45, 7) is 1.85. The third kappa shape index (κ3) is 5.95. The number of aromatic nitrogens is 4. The van der Waals surface area contributed by atoms with Crippen molar-refractivity contribution < 1.29 is 31.1 Å². The van der Waals surface area contributed by atoms with Crippen molar-refractivity contribution in [3.63, 3.8) is 0 Å². The summed E-state index contributed by atoms with van der Waals surface area (Å²) >= 11 is 0. The van der Waals surface area contributed by atoms with Crippen LogP contribution in [0.2, 0.25) is 0 Å². The highest BCUT2D eigenvalue weighted by Crippen LogP contribution is 2.38. The number of halogens is 6. The number of hydrazine groups is 1. The normalized spacial score (nSPS) is 12.0. The van der Waals surface area contributed by atoms with E-state index in [1.807, 2.05) is 6.92 Å². The number of nitrogens with one attached hydrogen (secondary N) is 2. The van der Waals surface area contributed by atoms with Crippen LogP contribution in [0.15, 0.2) is 42.9 Å². The van der Waals surface area contributed by atoms with Crippen molar-refractivity contribution in [1.82, 2.24) is 25.2 Å². The molecular weight excluding hydrogens is 442 g/mol. The van der Waals surface area contributed by atoms with Crippen molar-refractivity contribution in [1.29, 1.82) is 0 Å². The van der Waals surface area contributed by atoms with Gasteiger partial charge in [-0.3, -0.25) is 20.3 Å². The van der Waals surface area contributed by atoms with E-state index in [2.05, 4.69) is 25.9 Å². The van der Waals surface area contributed by atoms with Gasteiger partial charge >= 0.3 is 12.4 Å². The van der Waals surface area contributed by atoms with Crippen LogP contribution in [-0.4, -0.2) is 25.7 Å². The molecule has 0 saturated heterocycles. The van der Waals surface area contributed by atoms with E-state index in [0.29, 0.717) is 18.0 Å². The van der Waals surface area contributed by atoms with Gasteiger partial charge in [0.2, 0.25) is 5.91 Å². The first-order chi connectivity index (χ1) is 14.9. The molecule has 13 heteroatoms. The van der Waals surface area contributed by atoms with Crippen LogP contribution in [0.3, 0.4) is 0 Å². The zero-order valence-electron chi connectivity index (χ0n) is 16.4. The topological polar surface area (TPSA) is 84.7 Å². The van der Waals surface area contributed by atoms with Crippen molar-refractivity contribution in [2.24, 2.45) is 0 Å². The number of benzene rings is 1. The van der Waals surface area contributed by atoms with Crippen LogP contribution in [0, 0.1) is 6.92 Å². The Morgan fingerprint density at radius 2 is 1.66 bits per heavy atom. The van der Waals surface area contributed by atoms with Crippen LogP contribution in [0.5, 0.6) is 0 Å². The minimum absolute atomic E-state index is 0.00701. The van der Waals surface area contributed by atoms with E-state index < -0.39 is 35.0 Å². The lowest BCUT2D eigenvalue weighted by atomic mass is 10.0. The van der Waals surface area contributed by atoms with E-state index in [9.17, 15) is 31.1 Å². The van der Waals surface area contributed by atoms with E-state index in [1.165, 1.54) is 0 Å². The summed E-state index contributed by atoms with van der Waals surface area (Å²) in [4.78, 5) is 19.7. The van der Waals surface area contributed by atoms with E-state index in [4.69, 9.17) is 0 Å². The second-order valence-electron chi connectivity index (χ2n) is 6.77. The van der Waals surface area contributed by atoms with E-state index in [0.717, 1.165) is 16.6 Å². The number of anilines is 1. The zero-order valence-corrected chi connectivity index (χ0v) is 16.4. The van der Waals surface area contributed by atoms with Gasteiger partial charge in [0, 0.05) is 18.2 Å². The average molecular weight is 458 g/mol. The van der Waals surface area contributed by atoms with Gasteiger partial charge in [0.25, 0.3) is 0 Å². The number of amides is 1. The predicted molar refractivity (Wildman–Crippen MR) is 101 cm³/mol. The molecule has 2 N–H and O–H groups in total. The molecule has 1 aromatic carbocycles. The van der Waals surface area contributed by atoms with Crippen LogP contribution in [0.1, 0.15) is 23.1 Å². The lowest BCUT2D eigenvalue weighted by molar-refractivity contribution is -0.143. The first-order valence-corrected chi connectivity index (χ1v) is 9.08. The maximum Gasteiger partial charge on any atom is 0.416 e. The van der Waals surface area contributed by atoms with Gasteiger partial charge in [0.1, 0.15) is 12.1 Å². The first-order valence-electron chi connectivity index (χ1n) is 9.08. The SMILES string of the molecule is Cc1ccc(NNC(=O)CCn2cnc(-c3cc(C(F)(F)F)cc(C(F)(F)F)c3)n2)nc1. The van der Waals surface area contributed by atoms with Gasteiger partial charge in [-0.2, -0.15) is 31.4 Å². The molecule has 32 heavy (non-hydrogen) atoms. The van der Waals surface area contributed by atoms with Crippen molar-refractivity contribution in [2.45, 2.75) is 32.2 Å². The summed E-state index contributed by atoms with van der Waals surface area (Å²) in [5.41, 5.74) is 2.59. The highest BCUT2D eigenvalue weighted by Gasteiger charge is 2.37. The molecule has 0 unspecified atom stereocenters. The molecule has 0 radical (unpaired) electrons. The van der Waals surface area contributed by atoms with Crippen molar-refractivity contribution in [3.8, 4) is 11.4 Å². The third-order valence-electron chi connectivity index (χ3n) is 4.19. The molecule has 1 amide bonds. The molecule has 170 valence electrons. The zero-order chi connectivity index (χ0) is 23.5. The molecule has 3 rings (SSSR count). The molecule has 7 nitrogen and oxygen atoms in total. The molecule has 0 fully saturated rings. The maximum absolute atomic E-state index is 13.0. The van der Waals surface area contributed by atoms with Crippen LogP contribution in [0.4, 0.5) is 32.2 Å². The lowest BCUT2D eigenvalue weighted by Crippen LogP contribution is -2.30. The van der Waals surface area contributed by atoms with Crippen LogP contribution < -0.4 is 10.9 Å². The van der Waals surface area contributed by atoms with Crippen molar-refractivity contribution in [3.05, 3.63) is 59.5 Å². The first kappa shape index (κ1) is 23.0. The number of rotatable bonds is 6. The third-order valence-corrected chi connectivity index (χ3v) is 4.19. The summed E-state index contributed by atoms with van der Waals surface area (Å²) < 4.78 is 79.2. The summed E-state index contributed by atoms with van der Waals surface area (Å²) in [6, 6.07) is 4.56. The molecule has 0 aliphatic carbocycles. The number of hydrogen-bond donors (Lipinski definition) is 2. The number of alkyl halides is 6. The number of aryl methyl sites for hydroxylation is 2. The monoisotopic (exact) mass is 458 g/mol. The standard InChI is InChI=1S/C19H16F6N6O/c1-11-2-3-15(26-9-11)28-29-16(32)4-5-31-10-27-17(30-31)12-6-13(18(20,21)22)8-14(7-12)19(23,24)25/h2-3,6-10H,4-5H2,1H3,(H,26,28)(H,29,32). The summed E-state index contributed by atoms with van der Waals surface area (Å²) in [5.74, 6) is -0.358. The van der Waals surface area contributed by atoms with Gasteiger partial charge in [-0.15, -0.1) is 0 Å². The minimum atomic E-state index is -4.98. The second-order valence-corrected chi connectivity index (χ2v) is 6.77. The van der Waals surface area contributed by atoms with Crippen LogP contribution in [0.25, 0.3) is 11.4 Å². The predicted octanol–water partition coefficient (Wildman–Crippen LogP) is 4.22. The van der Waals surface area contributed by atoms with Gasteiger partial charge in [-0.25, -0.2) is 9.97 Å². The maximum atomic E-state index is 13.0. The number of carbonyl (C=O) groups excluding carboxylic acids is 1. The smallest absolute Gasteiger partial charge is 0.282 e. The number of nitrogens with zero attached hydrogens (tertiary/aromatic N) is 4. The van der Waals surface area contributed by atoms with Gasteiger partial charge in [0.15, 0.2) is 5.82 Å². The van der Waals surface area contributed by atoms with Gasteiger partial charge in [-0.1, -0.05) is 6.07 Å². The molecule has 2 aromatic heterocycles. The van der Waals surface area contributed by atoms with Gasteiger partial charge in [-0.05, 0) is 36.8 Å². The molecule has 0 bridgehead atoms. The van der Waals surface area contributed by atoms with E-state index in [-0.39, 0.29) is 24.9 Å². The van der Waals surface area contributed by atoms with Crippen molar-refractivity contribution >= 4 is 11.7 Å². The van der Waals surface area contributed by atoms with E-state index in [1.54, 1.807) is 18.3 Å². The summed E-state index contributed by atoms with van der Waals surface area (Å²) in [6.07, 6.45) is -7.32. The molecule has 0 spiro atoms. The van der Waals surface area contributed by atoms with Crippen LogP contribution in [-0.2, 0) is 23.7 Å². The highest BCUT2D eigenvalue weighted by atomic mass is 19.4. The molecule has 0 aliphatic heterocycles. The molecule has 3 aromatic rings. The lowest BCUT2D eigenvalue weighted by Gasteiger charge is -2.13. The summed E-state index contributed by atoms with van der Waals surface area (Å²) in [5, 5.41) is 3.88. The fourth-order valence-electron chi connectivity index (χ4n) is 2.57. The largest absolute Gasteiger partial charge is 0.416 e. The minimum Gasteiger partial charge on any atom is -0.282 e. The number of pyridine rings is 1.